The van der Waals surface area contributed by atoms with E-state index in [-0.39, 0.29) is 6.04 Å². The van der Waals surface area contributed by atoms with E-state index in [0.717, 1.165) is 10.6 Å². The van der Waals surface area contributed by atoms with Crippen molar-refractivity contribution in [3.8, 4) is 5.75 Å². The molecule has 0 aliphatic heterocycles. The first-order chi connectivity index (χ1) is 8.22. The number of nitrogens with two attached hydrogens (primary N) is 1. The normalized spacial score (nSPS) is 12.1. The molecule has 5 nitrogen and oxygen atoms in total. The van der Waals surface area contributed by atoms with Crippen LogP contribution in [0.5, 0.6) is 5.75 Å². The standard InChI is InChI=1S/C11H14N4OS/c1-7(8-4-3-5-13-6-8)14-11-9(16-2)10(12)15-17-11/h3-7,14H,1-2H3,(H2,12,15). The Morgan fingerprint density at radius 2 is 2.35 bits per heavy atom. The molecular formula is C11H14N4OS. The number of nitrogens with zero attached hydrogens (tertiary/aromatic N) is 2. The summed E-state index contributed by atoms with van der Waals surface area (Å²) in [6.45, 7) is 2.05. The lowest BCUT2D eigenvalue weighted by atomic mass is 10.1. The Morgan fingerprint density at radius 1 is 1.53 bits per heavy atom. The minimum Gasteiger partial charge on any atom is -0.490 e. The molecule has 17 heavy (non-hydrogen) atoms. The molecule has 0 aromatic carbocycles. The van der Waals surface area contributed by atoms with E-state index in [1.165, 1.54) is 11.5 Å². The first-order valence-electron chi connectivity index (χ1n) is 5.18. The van der Waals surface area contributed by atoms with E-state index in [9.17, 15) is 0 Å². The third-order valence-corrected chi connectivity index (χ3v) is 3.18. The lowest BCUT2D eigenvalue weighted by Crippen LogP contribution is -2.06. The van der Waals surface area contributed by atoms with E-state index >= 15 is 0 Å². The summed E-state index contributed by atoms with van der Waals surface area (Å²) in [6.07, 6.45) is 3.58. The van der Waals surface area contributed by atoms with Crippen LogP contribution in [0.15, 0.2) is 24.5 Å². The zero-order chi connectivity index (χ0) is 12.3. The van der Waals surface area contributed by atoms with E-state index in [2.05, 4.69) is 14.7 Å². The minimum absolute atomic E-state index is 0.123. The third kappa shape index (κ3) is 2.47. The topological polar surface area (TPSA) is 73.1 Å². The largest absolute Gasteiger partial charge is 0.490 e. The monoisotopic (exact) mass is 250 g/mol. The maximum atomic E-state index is 5.69. The predicted octanol–water partition coefficient (Wildman–Crippen LogP) is 2.30. The fourth-order valence-electron chi connectivity index (χ4n) is 1.50. The molecule has 0 aliphatic rings. The molecule has 0 saturated carbocycles. The Labute approximate surface area is 104 Å². The van der Waals surface area contributed by atoms with Gasteiger partial charge in [0, 0.05) is 12.4 Å². The van der Waals surface area contributed by atoms with Crippen LogP contribution in [0.4, 0.5) is 10.8 Å². The number of pyridine rings is 1. The summed E-state index contributed by atoms with van der Waals surface area (Å²) < 4.78 is 9.25. The second-order valence-corrected chi connectivity index (χ2v) is 4.36. The Balaban J connectivity index is 2.16. The van der Waals surface area contributed by atoms with Crippen molar-refractivity contribution < 1.29 is 4.74 Å². The van der Waals surface area contributed by atoms with Crippen LogP contribution >= 0.6 is 11.5 Å². The lowest BCUT2D eigenvalue weighted by Gasteiger charge is -2.14. The number of anilines is 2. The van der Waals surface area contributed by atoms with Crippen LogP contribution < -0.4 is 15.8 Å². The average Bonchev–Trinajstić information content (AvgIpc) is 2.71. The van der Waals surface area contributed by atoms with Crippen molar-refractivity contribution in [3.05, 3.63) is 30.1 Å². The highest BCUT2D eigenvalue weighted by molar-refractivity contribution is 7.11. The van der Waals surface area contributed by atoms with Gasteiger partial charge in [-0.3, -0.25) is 4.98 Å². The maximum absolute atomic E-state index is 5.69. The number of aromatic nitrogens is 2. The fourth-order valence-corrected chi connectivity index (χ4v) is 2.27. The first kappa shape index (κ1) is 11.7. The van der Waals surface area contributed by atoms with E-state index in [0.29, 0.717) is 11.6 Å². The second kappa shape index (κ2) is 5.01. The highest BCUT2D eigenvalue weighted by Gasteiger charge is 2.14. The van der Waals surface area contributed by atoms with Crippen LogP contribution in [0.1, 0.15) is 18.5 Å². The van der Waals surface area contributed by atoms with Crippen LogP contribution in [0.3, 0.4) is 0 Å². The van der Waals surface area contributed by atoms with E-state index in [1.54, 1.807) is 13.3 Å². The van der Waals surface area contributed by atoms with Gasteiger partial charge >= 0.3 is 0 Å². The zero-order valence-electron chi connectivity index (χ0n) is 9.68. The van der Waals surface area contributed by atoms with Crippen molar-refractivity contribution in [1.82, 2.24) is 9.36 Å². The smallest absolute Gasteiger partial charge is 0.197 e. The lowest BCUT2D eigenvalue weighted by molar-refractivity contribution is 0.419. The molecule has 0 radical (unpaired) electrons. The van der Waals surface area contributed by atoms with Crippen LogP contribution in [0.2, 0.25) is 0 Å². The van der Waals surface area contributed by atoms with Crippen LogP contribution in [-0.2, 0) is 0 Å². The summed E-state index contributed by atoms with van der Waals surface area (Å²) in [4.78, 5) is 4.09. The van der Waals surface area contributed by atoms with E-state index in [1.807, 2.05) is 25.3 Å². The fraction of sp³-hybridized carbons (Fsp3) is 0.273. The molecule has 2 heterocycles. The summed E-state index contributed by atoms with van der Waals surface area (Å²) in [6, 6.07) is 4.05. The van der Waals surface area contributed by atoms with Gasteiger partial charge in [0.1, 0.15) is 0 Å². The molecule has 0 aliphatic carbocycles. The summed E-state index contributed by atoms with van der Waals surface area (Å²) in [7, 11) is 1.58. The van der Waals surface area contributed by atoms with Gasteiger partial charge in [0.25, 0.3) is 0 Å². The number of hydrogen-bond donors (Lipinski definition) is 2. The summed E-state index contributed by atoms with van der Waals surface area (Å²) in [5.41, 5.74) is 6.79. The molecule has 0 fully saturated rings. The Kier molecular flexibility index (Phi) is 3.43. The van der Waals surface area contributed by atoms with Crippen molar-refractivity contribution in [3.63, 3.8) is 0 Å². The highest BCUT2D eigenvalue weighted by atomic mass is 32.1. The molecule has 0 amide bonds. The third-order valence-electron chi connectivity index (χ3n) is 2.41. The van der Waals surface area contributed by atoms with Gasteiger partial charge in [-0.2, -0.15) is 4.37 Å². The molecule has 90 valence electrons. The van der Waals surface area contributed by atoms with Gasteiger partial charge in [-0.05, 0) is 30.1 Å². The molecule has 2 rings (SSSR count). The molecule has 1 atom stereocenters. The van der Waals surface area contributed by atoms with Crippen molar-refractivity contribution in [2.45, 2.75) is 13.0 Å². The van der Waals surface area contributed by atoms with Gasteiger partial charge in [0.2, 0.25) is 0 Å². The first-order valence-corrected chi connectivity index (χ1v) is 5.95. The SMILES string of the molecule is COc1c(N)nsc1NC(C)c1cccnc1. The Morgan fingerprint density at radius 3 is 3.00 bits per heavy atom. The minimum atomic E-state index is 0.123. The molecular weight excluding hydrogens is 236 g/mol. The summed E-state index contributed by atoms with van der Waals surface area (Å²) in [5, 5.41) is 4.14. The highest BCUT2D eigenvalue weighted by Crippen LogP contribution is 2.36. The molecule has 3 N–H and O–H groups in total. The Bertz CT molecular complexity index is 485. The van der Waals surface area contributed by atoms with Crippen LogP contribution in [0, 0.1) is 0 Å². The molecule has 2 aromatic rings. The quantitative estimate of drug-likeness (QED) is 0.871. The van der Waals surface area contributed by atoms with Gasteiger partial charge in [-0.25, -0.2) is 0 Å². The van der Waals surface area contributed by atoms with Gasteiger partial charge in [-0.15, -0.1) is 0 Å². The van der Waals surface area contributed by atoms with Crippen LogP contribution in [0.25, 0.3) is 0 Å². The van der Waals surface area contributed by atoms with E-state index < -0.39 is 0 Å². The number of nitrogens with one attached hydrogen (secondary N) is 1. The number of methoxy groups -OCH3 is 1. The van der Waals surface area contributed by atoms with E-state index in [4.69, 9.17) is 10.5 Å². The number of nitrogen functional groups attached to an aromatic ring is 1. The van der Waals surface area contributed by atoms with Crippen molar-refractivity contribution in [1.29, 1.82) is 0 Å². The molecule has 0 saturated heterocycles. The summed E-state index contributed by atoms with van der Waals surface area (Å²) in [5.74, 6) is 1.02. The number of hydrogen-bond acceptors (Lipinski definition) is 6. The zero-order valence-corrected chi connectivity index (χ0v) is 10.5. The maximum Gasteiger partial charge on any atom is 0.197 e. The number of ether oxygens (including phenoxy) is 1. The average molecular weight is 250 g/mol. The van der Waals surface area contributed by atoms with Crippen molar-refractivity contribution in [2.24, 2.45) is 0 Å². The van der Waals surface area contributed by atoms with Gasteiger partial charge in [0.15, 0.2) is 16.6 Å². The molecule has 0 bridgehead atoms. The van der Waals surface area contributed by atoms with Crippen molar-refractivity contribution in [2.75, 3.05) is 18.2 Å². The van der Waals surface area contributed by atoms with Crippen LogP contribution in [-0.4, -0.2) is 16.5 Å². The molecule has 0 spiro atoms. The Hall–Kier alpha value is -1.82. The van der Waals surface area contributed by atoms with Gasteiger partial charge in [-0.1, -0.05) is 6.07 Å². The molecule has 2 aromatic heterocycles. The molecule has 6 heteroatoms. The van der Waals surface area contributed by atoms with Crippen molar-refractivity contribution >= 4 is 22.4 Å². The number of rotatable bonds is 4. The van der Waals surface area contributed by atoms with Gasteiger partial charge in [0.05, 0.1) is 13.2 Å². The van der Waals surface area contributed by atoms with Gasteiger partial charge < -0.3 is 15.8 Å². The predicted molar refractivity (Wildman–Crippen MR) is 69.4 cm³/mol. The second-order valence-electron chi connectivity index (χ2n) is 3.58. The summed E-state index contributed by atoms with van der Waals surface area (Å²) >= 11 is 1.29. The molecule has 1 unspecified atom stereocenters.